The van der Waals surface area contributed by atoms with Crippen molar-refractivity contribution in [2.75, 3.05) is 13.7 Å². The maximum Gasteiger partial charge on any atom is 0.323 e. The number of hydrogen-bond acceptors (Lipinski definition) is 6. The number of nitrogens with one attached hydrogen (secondary N) is 1. The van der Waals surface area contributed by atoms with Crippen LogP contribution in [0.1, 0.15) is 10.7 Å². The summed E-state index contributed by atoms with van der Waals surface area (Å²) in [6.45, 7) is 2.74. The Morgan fingerprint density at radius 2 is 2.00 bits per heavy atom. The molecular weight excluding hydrogens is 400 g/mol. The van der Waals surface area contributed by atoms with Gasteiger partial charge in [-0.15, -0.1) is 21.1 Å². The lowest BCUT2D eigenvalue weighted by molar-refractivity contribution is -0.368. The van der Waals surface area contributed by atoms with Crippen molar-refractivity contribution in [3.05, 3.63) is 62.8 Å². The molecule has 150 valence electrons. The maximum atomic E-state index is 13.4. The highest BCUT2D eigenvalue weighted by molar-refractivity contribution is 7.11. The van der Waals surface area contributed by atoms with E-state index >= 15 is 0 Å². The molecule has 30 heavy (non-hydrogen) atoms. The van der Waals surface area contributed by atoms with Crippen LogP contribution in [0.3, 0.4) is 0 Å². The molecule has 0 saturated heterocycles. The van der Waals surface area contributed by atoms with Crippen LogP contribution in [-0.2, 0) is 11.3 Å². The van der Waals surface area contributed by atoms with Gasteiger partial charge in [0.2, 0.25) is 11.5 Å². The number of fused-ring (bicyclic) bond motifs is 4. The Morgan fingerprint density at radius 1 is 1.20 bits per heavy atom. The molecule has 5 aromatic rings. The zero-order valence-electron chi connectivity index (χ0n) is 16.5. The molecule has 0 fully saturated rings. The van der Waals surface area contributed by atoms with Gasteiger partial charge in [0.15, 0.2) is 5.39 Å². The van der Waals surface area contributed by atoms with E-state index in [-0.39, 0.29) is 5.56 Å². The normalized spacial score (nSPS) is 12.1. The Morgan fingerprint density at radius 3 is 2.73 bits per heavy atom. The fourth-order valence-corrected chi connectivity index (χ4v) is 4.10. The van der Waals surface area contributed by atoms with E-state index in [9.17, 15) is 4.79 Å². The number of methoxy groups -OCH3 is 1. The van der Waals surface area contributed by atoms with E-state index in [0.717, 1.165) is 15.9 Å². The van der Waals surface area contributed by atoms with Crippen molar-refractivity contribution in [3.8, 4) is 0 Å². The van der Waals surface area contributed by atoms with Gasteiger partial charge in [-0.1, -0.05) is 18.2 Å². The largest absolute Gasteiger partial charge is 0.381 e. The highest BCUT2D eigenvalue weighted by Gasteiger charge is 2.26. The summed E-state index contributed by atoms with van der Waals surface area (Å²) in [4.78, 5) is 27.3. The molecule has 9 heteroatoms. The third-order valence-electron chi connectivity index (χ3n) is 4.96. The van der Waals surface area contributed by atoms with E-state index in [1.807, 2.05) is 48.7 Å². The number of benzene rings is 1. The number of H-pyrrole nitrogens is 1. The zero-order chi connectivity index (χ0) is 20.7. The van der Waals surface area contributed by atoms with Crippen molar-refractivity contribution in [2.24, 2.45) is 5.10 Å². The van der Waals surface area contributed by atoms with Gasteiger partial charge in [-0.2, -0.15) is 0 Å². The third-order valence-corrected chi connectivity index (χ3v) is 5.77. The molecule has 8 nitrogen and oxygen atoms in total. The minimum atomic E-state index is -0.141. The van der Waals surface area contributed by atoms with Crippen LogP contribution in [0.15, 0.2) is 51.7 Å². The van der Waals surface area contributed by atoms with Gasteiger partial charge in [0.05, 0.1) is 30.4 Å². The van der Waals surface area contributed by atoms with Crippen LogP contribution in [0.25, 0.3) is 33.2 Å². The molecule has 0 spiro atoms. The Bertz CT molecular complexity index is 1470. The summed E-state index contributed by atoms with van der Waals surface area (Å²) in [5.74, 6) is 0.712. The predicted octanol–water partition coefficient (Wildman–Crippen LogP) is 2.61. The fraction of sp³-hybridized carbons (Fsp3) is 0.190. The summed E-state index contributed by atoms with van der Waals surface area (Å²) in [6, 6.07) is 11.6. The van der Waals surface area contributed by atoms with E-state index in [1.54, 1.807) is 33.9 Å². The third kappa shape index (κ3) is 2.99. The molecule has 0 atom stereocenters. The predicted molar refractivity (Wildman–Crippen MR) is 117 cm³/mol. The molecule has 4 aromatic heterocycles. The number of thiophene rings is 1. The van der Waals surface area contributed by atoms with E-state index in [0.29, 0.717) is 41.2 Å². The van der Waals surface area contributed by atoms with E-state index in [4.69, 9.17) is 14.7 Å². The van der Waals surface area contributed by atoms with Crippen LogP contribution < -0.4 is 10.5 Å². The Labute approximate surface area is 175 Å². The summed E-state index contributed by atoms with van der Waals surface area (Å²) in [5, 5.41) is 7.10. The molecule has 1 aromatic carbocycles. The van der Waals surface area contributed by atoms with Crippen molar-refractivity contribution in [2.45, 2.75) is 13.5 Å². The van der Waals surface area contributed by atoms with E-state index in [1.165, 1.54) is 0 Å². The number of rotatable bonds is 5. The summed E-state index contributed by atoms with van der Waals surface area (Å²) in [6.07, 6.45) is 1.76. The van der Waals surface area contributed by atoms with Gasteiger partial charge in [-0.05, 0) is 23.6 Å². The fourth-order valence-electron chi connectivity index (χ4n) is 3.52. The summed E-state index contributed by atoms with van der Waals surface area (Å²) >= 11 is 1.59. The highest BCUT2D eigenvalue weighted by atomic mass is 32.1. The van der Waals surface area contributed by atoms with Crippen LogP contribution in [0.2, 0.25) is 0 Å². The zero-order valence-corrected chi connectivity index (χ0v) is 17.3. The van der Waals surface area contributed by atoms with Gasteiger partial charge < -0.3 is 4.74 Å². The molecule has 1 N–H and O–H groups in total. The molecule has 0 aliphatic rings. The standard InChI is InChI=1S/C21H18N6O2S/c1-13-23-19-17(21(28)26(13)9-10-29-2)18-20(25-16-8-4-3-7-15(16)24-18)27(19)22-12-14-6-5-11-30-14/h3-8,11-12H,9-10H2,1-2H3/p+1. The molecule has 0 unspecified atom stereocenters. The number of para-hydroxylation sites is 2. The van der Waals surface area contributed by atoms with Gasteiger partial charge in [-0.25, -0.2) is 24.3 Å². The summed E-state index contributed by atoms with van der Waals surface area (Å²) < 4.78 is 8.50. The summed E-state index contributed by atoms with van der Waals surface area (Å²) in [5.41, 5.74) is 2.97. The van der Waals surface area contributed by atoms with Gasteiger partial charge in [0, 0.05) is 18.9 Å². The first-order valence-electron chi connectivity index (χ1n) is 9.48. The molecule has 5 rings (SSSR count). The van der Waals surface area contributed by atoms with Crippen molar-refractivity contribution in [1.29, 1.82) is 0 Å². The van der Waals surface area contributed by atoms with Crippen LogP contribution in [0.4, 0.5) is 0 Å². The van der Waals surface area contributed by atoms with Crippen LogP contribution in [0, 0.1) is 6.92 Å². The lowest BCUT2D eigenvalue weighted by Gasteiger charge is -2.03. The number of ether oxygens (including phenoxy) is 1. The van der Waals surface area contributed by atoms with Gasteiger partial charge in [0.1, 0.15) is 5.52 Å². The molecule has 4 heterocycles. The number of nitrogens with zero attached hydrogens (tertiary/aromatic N) is 5. The number of aromatic amines is 1. The van der Waals surface area contributed by atoms with Crippen LogP contribution >= 0.6 is 11.3 Å². The number of aromatic nitrogens is 5. The SMILES string of the molecule is COCCn1c(C)[nH+]c2c(c1=O)c1nc3ccccc3nc1n2N=Cc1cccs1. The summed E-state index contributed by atoms with van der Waals surface area (Å²) in [7, 11) is 1.62. The van der Waals surface area contributed by atoms with E-state index < -0.39 is 0 Å². The topological polar surface area (TPSA) is 88.4 Å². The van der Waals surface area contributed by atoms with Crippen LogP contribution in [0.5, 0.6) is 0 Å². The molecule has 0 radical (unpaired) electrons. The molecule has 0 saturated carbocycles. The lowest BCUT2D eigenvalue weighted by atomic mass is 10.3. The van der Waals surface area contributed by atoms with Crippen molar-refractivity contribution >= 4 is 50.8 Å². The second-order valence-electron chi connectivity index (χ2n) is 6.84. The smallest absolute Gasteiger partial charge is 0.323 e. The minimum absolute atomic E-state index is 0.141. The first-order valence-corrected chi connectivity index (χ1v) is 10.4. The lowest BCUT2D eigenvalue weighted by Crippen LogP contribution is -2.32. The Hall–Kier alpha value is -3.43. The monoisotopic (exact) mass is 419 g/mol. The quantitative estimate of drug-likeness (QED) is 0.410. The van der Waals surface area contributed by atoms with Crippen molar-refractivity contribution in [1.82, 2.24) is 19.2 Å². The molecule has 0 aliphatic carbocycles. The van der Waals surface area contributed by atoms with Crippen molar-refractivity contribution in [3.63, 3.8) is 0 Å². The van der Waals surface area contributed by atoms with Crippen LogP contribution in [-0.4, -0.2) is 39.1 Å². The maximum absolute atomic E-state index is 13.4. The average Bonchev–Trinajstić information content (AvgIpc) is 3.36. The number of aryl methyl sites for hydroxylation is 1. The second kappa shape index (κ2) is 7.43. The first kappa shape index (κ1) is 18.6. The molecule has 0 bridgehead atoms. The van der Waals surface area contributed by atoms with E-state index in [2.05, 4.69) is 10.1 Å². The molecule has 0 aliphatic heterocycles. The minimum Gasteiger partial charge on any atom is -0.381 e. The highest BCUT2D eigenvalue weighted by Crippen LogP contribution is 2.24. The van der Waals surface area contributed by atoms with Crippen molar-refractivity contribution < 1.29 is 9.72 Å². The number of hydrogen-bond donors (Lipinski definition) is 0. The molecule has 0 amide bonds. The Kier molecular flexibility index (Phi) is 4.61. The van der Waals surface area contributed by atoms with Gasteiger partial charge in [-0.3, -0.25) is 0 Å². The molecular formula is C21H19N6O2S+. The second-order valence-corrected chi connectivity index (χ2v) is 7.82. The van der Waals surface area contributed by atoms with Gasteiger partial charge in [0.25, 0.3) is 5.65 Å². The Balaban J connectivity index is 1.87. The average molecular weight is 419 g/mol. The van der Waals surface area contributed by atoms with Gasteiger partial charge >= 0.3 is 5.56 Å². The first-order chi connectivity index (χ1) is 14.7.